The van der Waals surface area contributed by atoms with E-state index in [1.165, 1.54) is 5.56 Å². The molecule has 0 aliphatic carbocycles. The summed E-state index contributed by atoms with van der Waals surface area (Å²) in [5.41, 5.74) is 1.90. The average molecular weight is 354 g/mol. The predicted molar refractivity (Wildman–Crippen MR) is 99.4 cm³/mol. The van der Waals surface area contributed by atoms with Crippen molar-refractivity contribution in [2.45, 2.75) is 19.3 Å². The van der Waals surface area contributed by atoms with Gasteiger partial charge in [0.2, 0.25) is 0 Å². The summed E-state index contributed by atoms with van der Waals surface area (Å²) in [5, 5.41) is 20.1. The van der Waals surface area contributed by atoms with E-state index < -0.39 is 5.97 Å². The van der Waals surface area contributed by atoms with Crippen LogP contribution in [-0.2, 0) is 11.2 Å². The van der Waals surface area contributed by atoms with E-state index in [0.717, 1.165) is 6.42 Å². The summed E-state index contributed by atoms with van der Waals surface area (Å²) in [7, 11) is 0. The number of amidine groups is 1. The second-order valence-electron chi connectivity index (χ2n) is 5.53. The first-order valence-electron chi connectivity index (χ1n) is 8.33. The summed E-state index contributed by atoms with van der Waals surface area (Å²) in [6.45, 7) is 0.859. The Balaban J connectivity index is 1.89. The predicted octanol–water partition coefficient (Wildman–Crippen LogP) is 3.25. The van der Waals surface area contributed by atoms with Crippen LogP contribution >= 0.6 is 0 Å². The van der Waals surface area contributed by atoms with Crippen molar-refractivity contribution in [3.8, 4) is 5.75 Å². The van der Waals surface area contributed by atoms with Crippen molar-refractivity contribution >= 4 is 11.8 Å². The zero-order valence-corrected chi connectivity index (χ0v) is 14.4. The maximum absolute atomic E-state index is 10.5. The topological polar surface area (TPSA) is 110 Å². The molecule has 0 radical (unpaired) electrons. The molecular formula is C19H22N4O3. The number of nitrogens with zero attached hydrogens (tertiary/aromatic N) is 3. The van der Waals surface area contributed by atoms with Gasteiger partial charge in [-0.05, 0) is 24.1 Å². The van der Waals surface area contributed by atoms with Gasteiger partial charge in [0, 0.05) is 18.4 Å². The van der Waals surface area contributed by atoms with E-state index in [-0.39, 0.29) is 12.3 Å². The minimum atomic E-state index is -0.853. The number of carbonyl (C=O) groups is 1. The van der Waals surface area contributed by atoms with Crippen LogP contribution in [0.15, 0.2) is 69.9 Å². The van der Waals surface area contributed by atoms with Gasteiger partial charge in [0.05, 0.1) is 13.2 Å². The molecule has 0 unspecified atom stereocenters. The fourth-order valence-corrected chi connectivity index (χ4v) is 2.23. The molecule has 3 N–H and O–H groups in total. The van der Waals surface area contributed by atoms with E-state index in [2.05, 4.69) is 27.5 Å². The van der Waals surface area contributed by atoms with E-state index in [0.29, 0.717) is 30.9 Å². The number of hydrogen-bond donors (Lipinski definition) is 2. The second-order valence-corrected chi connectivity index (χ2v) is 5.53. The van der Waals surface area contributed by atoms with Crippen molar-refractivity contribution in [3.05, 3.63) is 65.7 Å². The number of carboxylic acids is 1. The zero-order chi connectivity index (χ0) is 18.6. The summed E-state index contributed by atoms with van der Waals surface area (Å²) < 4.78 is 5.78. The van der Waals surface area contributed by atoms with Crippen molar-refractivity contribution in [3.63, 3.8) is 0 Å². The Hall–Kier alpha value is -3.22. The number of benzene rings is 2. The SMILES string of the molecule is NN=C(N=NCCCC(=O)O)c1cccc(OCCc2ccccc2)c1. The normalized spacial score (nSPS) is 11.6. The van der Waals surface area contributed by atoms with Gasteiger partial charge in [-0.25, -0.2) is 0 Å². The van der Waals surface area contributed by atoms with Gasteiger partial charge in [0.15, 0.2) is 5.84 Å². The molecule has 136 valence electrons. The molecule has 0 bridgehead atoms. The molecule has 0 aliphatic heterocycles. The number of carboxylic acid groups (broad SMARTS) is 1. The summed E-state index contributed by atoms with van der Waals surface area (Å²) in [6, 6.07) is 17.4. The Labute approximate surface area is 152 Å². The molecule has 0 heterocycles. The molecule has 7 heteroatoms. The molecule has 2 aromatic carbocycles. The summed E-state index contributed by atoms with van der Waals surface area (Å²) in [4.78, 5) is 10.5. The third-order valence-corrected chi connectivity index (χ3v) is 3.53. The van der Waals surface area contributed by atoms with Crippen molar-refractivity contribution in [1.82, 2.24) is 0 Å². The van der Waals surface area contributed by atoms with Gasteiger partial charge in [-0.15, -0.1) is 5.11 Å². The number of aliphatic carboxylic acids is 1. The van der Waals surface area contributed by atoms with Crippen LogP contribution in [-0.4, -0.2) is 30.1 Å². The van der Waals surface area contributed by atoms with Crippen LogP contribution in [0, 0.1) is 0 Å². The molecule has 0 amide bonds. The van der Waals surface area contributed by atoms with Gasteiger partial charge in [0.25, 0.3) is 0 Å². The number of ether oxygens (including phenoxy) is 1. The Bertz CT molecular complexity index is 760. The first-order chi connectivity index (χ1) is 12.7. The zero-order valence-electron chi connectivity index (χ0n) is 14.4. The number of nitrogens with two attached hydrogens (primary N) is 1. The second kappa shape index (κ2) is 10.6. The average Bonchev–Trinajstić information content (AvgIpc) is 2.65. The lowest BCUT2D eigenvalue weighted by Crippen LogP contribution is -2.04. The molecule has 0 saturated carbocycles. The summed E-state index contributed by atoms with van der Waals surface area (Å²) in [6.07, 6.45) is 1.28. The molecule has 0 saturated heterocycles. The Kier molecular flexibility index (Phi) is 7.79. The molecular weight excluding hydrogens is 332 g/mol. The highest BCUT2D eigenvalue weighted by Crippen LogP contribution is 2.15. The minimum Gasteiger partial charge on any atom is -0.493 e. The van der Waals surface area contributed by atoms with Gasteiger partial charge in [-0.1, -0.05) is 42.5 Å². The molecule has 0 aromatic heterocycles. The molecule has 2 rings (SSSR count). The van der Waals surface area contributed by atoms with Crippen LogP contribution in [0.5, 0.6) is 5.75 Å². The highest BCUT2D eigenvalue weighted by atomic mass is 16.5. The molecule has 7 nitrogen and oxygen atoms in total. The number of azo groups is 1. The Morgan fingerprint density at radius 2 is 1.92 bits per heavy atom. The van der Waals surface area contributed by atoms with Crippen molar-refractivity contribution in [2.24, 2.45) is 21.2 Å². The van der Waals surface area contributed by atoms with E-state index in [4.69, 9.17) is 15.7 Å². The van der Waals surface area contributed by atoms with Crippen LogP contribution in [0.1, 0.15) is 24.0 Å². The van der Waals surface area contributed by atoms with Crippen molar-refractivity contribution < 1.29 is 14.6 Å². The monoisotopic (exact) mass is 354 g/mol. The Morgan fingerprint density at radius 3 is 2.65 bits per heavy atom. The van der Waals surface area contributed by atoms with E-state index in [1.54, 1.807) is 6.07 Å². The first-order valence-corrected chi connectivity index (χ1v) is 8.33. The number of rotatable bonds is 9. The molecule has 0 atom stereocenters. The lowest BCUT2D eigenvalue weighted by Gasteiger charge is -2.07. The molecule has 2 aromatic rings. The highest BCUT2D eigenvalue weighted by molar-refractivity contribution is 5.99. The lowest BCUT2D eigenvalue weighted by atomic mass is 10.2. The van der Waals surface area contributed by atoms with Gasteiger partial charge in [0.1, 0.15) is 5.75 Å². The Morgan fingerprint density at radius 1 is 1.12 bits per heavy atom. The fourth-order valence-electron chi connectivity index (χ4n) is 2.23. The van der Waals surface area contributed by atoms with Gasteiger partial charge in [-0.3, -0.25) is 4.79 Å². The quantitative estimate of drug-likeness (QED) is 0.180. The van der Waals surface area contributed by atoms with Crippen LogP contribution in [0.3, 0.4) is 0 Å². The maximum Gasteiger partial charge on any atom is 0.303 e. The number of hydrazone groups is 1. The van der Waals surface area contributed by atoms with E-state index in [1.807, 2.05) is 36.4 Å². The van der Waals surface area contributed by atoms with Gasteiger partial charge >= 0.3 is 5.97 Å². The smallest absolute Gasteiger partial charge is 0.303 e. The summed E-state index contributed by atoms with van der Waals surface area (Å²) >= 11 is 0. The van der Waals surface area contributed by atoms with Gasteiger partial charge in [-0.2, -0.15) is 10.2 Å². The van der Waals surface area contributed by atoms with Crippen LogP contribution in [0.4, 0.5) is 0 Å². The largest absolute Gasteiger partial charge is 0.493 e. The van der Waals surface area contributed by atoms with Crippen molar-refractivity contribution in [2.75, 3.05) is 13.2 Å². The van der Waals surface area contributed by atoms with Crippen molar-refractivity contribution in [1.29, 1.82) is 0 Å². The standard InChI is InChI=1S/C19H22N4O3/c20-22-19(23-21-12-5-10-18(24)25)16-8-4-9-17(14-16)26-13-11-15-6-2-1-3-7-15/h1-4,6-9,14H,5,10-13,20H2,(H,24,25). The van der Waals surface area contributed by atoms with E-state index in [9.17, 15) is 4.79 Å². The van der Waals surface area contributed by atoms with Gasteiger partial charge < -0.3 is 15.7 Å². The van der Waals surface area contributed by atoms with Crippen LogP contribution < -0.4 is 10.6 Å². The number of hydrogen-bond acceptors (Lipinski definition) is 5. The lowest BCUT2D eigenvalue weighted by molar-refractivity contribution is -0.137. The molecule has 26 heavy (non-hydrogen) atoms. The first kappa shape index (κ1) is 19.1. The van der Waals surface area contributed by atoms with Crippen LogP contribution in [0.25, 0.3) is 0 Å². The third-order valence-electron chi connectivity index (χ3n) is 3.53. The highest BCUT2D eigenvalue weighted by Gasteiger charge is 2.05. The molecule has 0 spiro atoms. The summed E-state index contributed by atoms with van der Waals surface area (Å²) in [5.74, 6) is 5.51. The van der Waals surface area contributed by atoms with Crippen LogP contribution in [0.2, 0.25) is 0 Å². The van der Waals surface area contributed by atoms with E-state index >= 15 is 0 Å². The maximum atomic E-state index is 10.5. The molecule has 0 fully saturated rings. The minimum absolute atomic E-state index is 0.0544. The third kappa shape index (κ3) is 6.72. The molecule has 0 aliphatic rings. The fraction of sp³-hybridized carbons (Fsp3) is 0.263.